The van der Waals surface area contributed by atoms with E-state index >= 15 is 0 Å². The number of amides is 1. The molecule has 1 aromatic heterocycles. The SMILES string of the molecule is COc1ccc2oc(C(=O)NNC(=S)NCc3ccccc3)c(C)c2c1. The number of benzene rings is 2. The maximum Gasteiger partial charge on any atom is 0.305 e. The highest BCUT2D eigenvalue weighted by atomic mass is 32.1. The predicted octanol–water partition coefficient (Wildman–Crippen LogP) is 3.06. The minimum atomic E-state index is -0.401. The van der Waals surface area contributed by atoms with Crippen LogP contribution in [0.4, 0.5) is 0 Å². The average Bonchev–Trinajstić information content (AvgIpc) is 3.01. The molecule has 0 unspecified atom stereocenters. The molecule has 3 aromatic rings. The number of furan rings is 1. The van der Waals surface area contributed by atoms with E-state index in [0.29, 0.717) is 23.0 Å². The Morgan fingerprint density at radius 3 is 2.65 bits per heavy atom. The summed E-state index contributed by atoms with van der Waals surface area (Å²) in [5, 5.41) is 4.17. The van der Waals surface area contributed by atoms with Gasteiger partial charge in [0.15, 0.2) is 10.9 Å². The Balaban J connectivity index is 1.60. The van der Waals surface area contributed by atoms with E-state index in [-0.39, 0.29) is 5.76 Å². The summed E-state index contributed by atoms with van der Waals surface area (Å²) < 4.78 is 10.9. The van der Waals surface area contributed by atoms with Gasteiger partial charge in [0.1, 0.15) is 11.3 Å². The zero-order chi connectivity index (χ0) is 18.5. The van der Waals surface area contributed by atoms with Gasteiger partial charge in [-0.25, -0.2) is 0 Å². The predicted molar refractivity (Wildman–Crippen MR) is 104 cm³/mol. The first-order valence-corrected chi connectivity index (χ1v) is 8.44. The molecule has 0 atom stereocenters. The number of fused-ring (bicyclic) bond motifs is 1. The number of carbonyl (C=O) groups is 1. The number of nitrogens with one attached hydrogen (secondary N) is 3. The summed E-state index contributed by atoms with van der Waals surface area (Å²) in [6.45, 7) is 2.39. The average molecular weight is 369 g/mol. The summed E-state index contributed by atoms with van der Waals surface area (Å²) in [5.74, 6) is 0.533. The van der Waals surface area contributed by atoms with Crippen LogP contribution in [0, 0.1) is 6.92 Å². The van der Waals surface area contributed by atoms with Crippen molar-refractivity contribution < 1.29 is 13.9 Å². The molecule has 1 amide bonds. The molecule has 0 saturated carbocycles. The monoisotopic (exact) mass is 369 g/mol. The van der Waals surface area contributed by atoms with Crippen molar-refractivity contribution in [2.24, 2.45) is 0 Å². The number of thiocarbonyl (C=S) groups is 1. The lowest BCUT2D eigenvalue weighted by molar-refractivity contribution is 0.0917. The van der Waals surface area contributed by atoms with E-state index in [0.717, 1.165) is 16.5 Å². The summed E-state index contributed by atoms with van der Waals surface area (Å²) >= 11 is 5.17. The number of methoxy groups -OCH3 is 1. The van der Waals surface area contributed by atoms with Crippen molar-refractivity contribution in [1.82, 2.24) is 16.2 Å². The standard InChI is InChI=1S/C19H19N3O3S/c1-12-15-10-14(24-2)8-9-16(15)25-17(12)18(23)21-22-19(26)20-11-13-6-4-3-5-7-13/h3-10H,11H2,1-2H3,(H,21,23)(H2,20,22,26). The topological polar surface area (TPSA) is 75.5 Å². The highest BCUT2D eigenvalue weighted by Gasteiger charge is 2.18. The van der Waals surface area contributed by atoms with Crippen LogP contribution in [-0.4, -0.2) is 18.1 Å². The molecule has 0 radical (unpaired) electrons. The molecular weight excluding hydrogens is 350 g/mol. The second kappa shape index (κ2) is 7.88. The third kappa shape index (κ3) is 3.94. The van der Waals surface area contributed by atoms with Crippen molar-refractivity contribution in [3.8, 4) is 5.75 Å². The fourth-order valence-electron chi connectivity index (χ4n) is 2.54. The van der Waals surface area contributed by atoms with E-state index < -0.39 is 5.91 Å². The largest absolute Gasteiger partial charge is 0.497 e. The Bertz CT molecular complexity index is 938. The van der Waals surface area contributed by atoms with Crippen molar-refractivity contribution in [2.75, 3.05) is 7.11 Å². The van der Waals surface area contributed by atoms with Gasteiger partial charge in [-0.2, -0.15) is 0 Å². The molecule has 6 nitrogen and oxygen atoms in total. The quantitative estimate of drug-likeness (QED) is 0.485. The van der Waals surface area contributed by atoms with E-state index in [9.17, 15) is 4.79 Å². The zero-order valence-electron chi connectivity index (χ0n) is 14.5. The van der Waals surface area contributed by atoms with Crippen molar-refractivity contribution in [3.05, 3.63) is 65.4 Å². The van der Waals surface area contributed by atoms with Gasteiger partial charge in [-0.1, -0.05) is 30.3 Å². The lowest BCUT2D eigenvalue weighted by Crippen LogP contribution is -2.46. The first kappa shape index (κ1) is 17.8. The first-order valence-electron chi connectivity index (χ1n) is 8.03. The van der Waals surface area contributed by atoms with Crippen LogP contribution in [0.15, 0.2) is 52.9 Å². The van der Waals surface area contributed by atoms with E-state index in [1.54, 1.807) is 19.2 Å². The van der Waals surface area contributed by atoms with E-state index in [1.807, 2.05) is 43.3 Å². The Kier molecular flexibility index (Phi) is 5.38. The molecule has 7 heteroatoms. The minimum absolute atomic E-state index is 0.228. The summed E-state index contributed by atoms with van der Waals surface area (Å²) in [6.07, 6.45) is 0. The number of rotatable bonds is 4. The zero-order valence-corrected chi connectivity index (χ0v) is 15.3. The van der Waals surface area contributed by atoms with Crippen LogP contribution >= 0.6 is 12.2 Å². The van der Waals surface area contributed by atoms with Crippen molar-refractivity contribution in [3.63, 3.8) is 0 Å². The third-order valence-electron chi connectivity index (χ3n) is 3.94. The Morgan fingerprint density at radius 2 is 1.92 bits per heavy atom. The van der Waals surface area contributed by atoms with Gasteiger partial charge in [-0.05, 0) is 42.9 Å². The molecule has 3 N–H and O–H groups in total. The van der Waals surface area contributed by atoms with Gasteiger partial charge in [-0.3, -0.25) is 15.6 Å². The van der Waals surface area contributed by atoms with Crippen LogP contribution in [0.1, 0.15) is 21.7 Å². The first-order chi connectivity index (χ1) is 12.6. The third-order valence-corrected chi connectivity index (χ3v) is 4.18. The number of hydrogen-bond donors (Lipinski definition) is 3. The lowest BCUT2D eigenvalue weighted by atomic mass is 10.1. The normalized spacial score (nSPS) is 10.4. The fraction of sp³-hybridized carbons (Fsp3) is 0.158. The molecule has 0 spiro atoms. The molecule has 1 heterocycles. The van der Waals surface area contributed by atoms with Crippen molar-refractivity contribution >= 4 is 34.2 Å². The summed E-state index contributed by atoms with van der Waals surface area (Å²) in [4.78, 5) is 12.4. The lowest BCUT2D eigenvalue weighted by Gasteiger charge is -2.11. The second-order valence-corrected chi connectivity index (χ2v) is 6.07. The van der Waals surface area contributed by atoms with Gasteiger partial charge in [0, 0.05) is 17.5 Å². The van der Waals surface area contributed by atoms with E-state index in [4.69, 9.17) is 21.4 Å². The van der Waals surface area contributed by atoms with Crippen molar-refractivity contribution in [2.45, 2.75) is 13.5 Å². The van der Waals surface area contributed by atoms with Crippen LogP contribution in [0.5, 0.6) is 5.75 Å². The summed E-state index contributed by atoms with van der Waals surface area (Å²) in [7, 11) is 1.59. The van der Waals surface area contributed by atoms with Gasteiger partial charge in [0.2, 0.25) is 0 Å². The number of carbonyl (C=O) groups excluding carboxylic acids is 1. The number of hydrazine groups is 1. The van der Waals surface area contributed by atoms with Crippen LogP contribution in [-0.2, 0) is 6.54 Å². The number of ether oxygens (including phenoxy) is 1. The maximum atomic E-state index is 12.4. The Morgan fingerprint density at radius 1 is 1.15 bits per heavy atom. The summed E-state index contributed by atoms with van der Waals surface area (Å²) in [6, 6.07) is 15.2. The van der Waals surface area contributed by atoms with Gasteiger partial charge in [-0.15, -0.1) is 0 Å². The molecule has 0 bridgehead atoms. The second-order valence-electron chi connectivity index (χ2n) is 5.67. The van der Waals surface area contributed by atoms with Crippen molar-refractivity contribution in [1.29, 1.82) is 0 Å². The Labute approximate surface area is 156 Å². The van der Waals surface area contributed by atoms with Crippen LogP contribution in [0.25, 0.3) is 11.0 Å². The molecule has 26 heavy (non-hydrogen) atoms. The number of hydrogen-bond acceptors (Lipinski definition) is 4. The van der Waals surface area contributed by atoms with Crippen LogP contribution in [0.3, 0.4) is 0 Å². The molecule has 0 aliphatic rings. The Hall–Kier alpha value is -3.06. The van der Waals surface area contributed by atoms with Gasteiger partial charge in [0.05, 0.1) is 7.11 Å². The smallest absolute Gasteiger partial charge is 0.305 e. The summed E-state index contributed by atoms with van der Waals surface area (Å²) in [5.41, 5.74) is 7.68. The number of aryl methyl sites for hydroxylation is 1. The van der Waals surface area contributed by atoms with Crippen LogP contribution in [0.2, 0.25) is 0 Å². The van der Waals surface area contributed by atoms with Gasteiger partial charge < -0.3 is 14.5 Å². The van der Waals surface area contributed by atoms with Gasteiger partial charge >= 0.3 is 5.91 Å². The molecule has 0 fully saturated rings. The molecule has 3 rings (SSSR count). The highest BCUT2D eigenvalue weighted by molar-refractivity contribution is 7.80. The molecule has 2 aromatic carbocycles. The fourth-order valence-corrected chi connectivity index (χ4v) is 2.66. The maximum absolute atomic E-state index is 12.4. The van der Waals surface area contributed by atoms with E-state index in [1.165, 1.54) is 0 Å². The van der Waals surface area contributed by atoms with Crippen LogP contribution < -0.4 is 20.9 Å². The molecular formula is C19H19N3O3S. The molecule has 0 aliphatic carbocycles. The highest BCUT2D eigenvalue weighted by Crippen LogP contribution is 2.28. The van der Waals surface area contributed by atoms with Gasteiger partial charge in [0.25, 0.3) is 0 Å². The molecule has 134 valence electrons. The molecule has 0 saturated heterocycles. The minimum Gasteiger partial charge on any atom is -0.497 e. The van der Waals surface area contributed by atoms with E-state index in [2.05, 4.69) is 16.2 Å². The molecule has 0 aliphatic heterocycles.